The number of likely N-dealkylation sites (N-methyl/N-ethyl adjacent to an activating group) is 1. The van der Waals surface area contributed by atoms with Gasteiger partial charge in [-0.25, -0.2) is 4.98 Å². The van der Waals surface area contributed by atoms with E-state index in [2.05, 4.69) is 53.2 Å². The number of aromatic nitrogens is 1. The summed E-state index contributed by atoms with van der Waals surface area (Å²) in [5.41, 5.74) is 1.15. The van der Waals surface area contributed by atoms with Gasteiger partial charge in [-0.15, -0.1) is 11.3 Å². The third-order valence-corrected chi connectivity index (χ3v) is 5.66. The van der Waals surface area contributed by atoms with Crippen molar-refractivity contribution in [2.45, 2.75) is 38.8 Å². The Labute approximate surface area is 125 Å². The van der Waals surface area contributed by atoms with Gasteiger partial charge in [0.15, 0.2) is 0 Å². The summed E-state index contributed by atoms with van der Waals surface area (Å²) in [6.45, 7) is 6.62. The van der Waals surface area contributed by atoms with Crippen LogP contribution in [0, 0.1) is 6.92 Å². The summed E-state index contributed by atoms with van der Waals surface area (Å²) in [4.78, 5) is 7.15. The third kappa shape index (κ3) is 4.45. The Hall–Kier alpha value is -0.100. The van der Waals surface area contributed by atoms with E-state index in [9.17, 15) is 0 Å². The normalized spacial score (nSPS) is 22.6. The zero-order chi connectivity index (χ0) is 13.7. The van der Waals surface area contributed by atoms with Gasteiger partial charge in [-0.3, -0.25) is 0 Å². The molecule has 0 amide bonds. The molecule has 0 radical (unpaired) electrons. The topological polar surface area (TPSA) is 28.2 Å². The first-order chi connectivity index (χ1) is 9.20. The van der Waals surface area contributed by atoms with Crippen molar-refractivity contribution in [1.29, 1.82) is 0 Å². The molecule has 0 aromatic carbocycles. The van der Waals surface area contributed by atoms with E-state index in [-0.39, 0.29) is 0 Å². The second-order valence-corrected chi connectivity index (χ2v) is 7.36. The van der Waals surface area contributed by atoms with Crippen LogP contribution in [-0.2, 0) is 6.42 Å². The molecule has 2 heterocycles. The number of nitrogens with zero attached hydrogens (tertiary/aromatic N) is 2. The van der Waals surface area contributed by atoms with Crippen LogP contribution >= 0.6 is 23.1 Å². The quantitative estimate of drug-likeness (QED) is 0.873. The van der Waals surface area contributed by atoms with E-state index in [1.54, 1.807) is 11.3 Å². The van der Waals surface area contributed by atoms with Gasteiger partial charge in [0, 0.05) is 47.6 Å². The van der Waals surface area contributed by atoms with Gasteiger partial charge in [-0.2, -0.15) is 11.8 Å². The SMILES string of the molecule is CCCNC(Cc1nc(C)cs1)C1CSCCN1C. The summed E-state index contributed by atoms with van der Waals surface area (Å²) in [5, 5.41) is 7.17. The lowest BCUT2D eigenvalue weighted by molar-refractivity contribution is 0.213. The van der Waals surface area contributed by atoms with Crippen LogP contribution in [0.5, 0.6) is 0 Å². The van der Waals surface area contributed by atoms with E-state index >= 15 is 0 Å². The van der Waals surface area contributed by atoms with Gasteiger partial charge >= 0.3 is 0 Å². The fourth-order valence-corrected chi connectivity index (χ4v) is 4.63. The van der Waals surface area contributed by atoms with Gasteiger partial charge in [0.2, 0.25) is 0 Å². The zero-order valence-electron chi connectivity index (χ0n) is 12.2. The number of hydrogen-bond donors (Lipinski definition) is 1. The van der Waals surface area contributed by atoms with Crippen molar-refractivity contribution in [2.24, 2.45) is 0 Å². The molecule has 1 aliphatic heterocycles. The van der Waals surface area contributed by atoms with Crippen LogP contribution in [0.4, 0.5) is 0 Å². The largest absolute Gasteiger partial charge is 0.312 e. The lowest BCUT2D eigenvalue weighted by Gasteiger charge is -2.38. The molecule has 0 bridgehead atoms. The lowest BCUT2D eigenvalue weighted by Crippen LogP contribution is -2.53. The number of thiazole rings is 1. The van der Waals surface area contributed by atoms with Gasteiger partial charge < -0.3 is 10.2 Å². The Morgan fingerprint density at radius 3 is 3.05 bits per heavy atom. The second kappa shape index (κ2) is 7.62. The zero-order valence-corrected chi connectivity index (χ0v) is 13.8. The maximum Gasteiger partial charge on any atom is 0.0944 e. The summed E-state index contributed by atoms with van der Waals surface area (Å²) in [6, 6.07) is 1.16. The Morgan fingerprint density at radius 1 is 1.58 bits per heavy atom. The Kier molecular flexibility index (Phi) is 6.13. The molecule has 2 unspecified atom stereocenters. The van der Waals surface area contributed by atoms with Crippen molar-refractivity contribution in [3.8, 4) is 0 Å². The number of rotatable bonds is 6. The monoisotopic (exact) mass is 299 g/mol. The molecule has 0 saturated carbocycles. The van der Waals surface area contributed by atoms with E-state index in [4.69, 9.17) is 0 Å². The highest BCUT2D eigenvalue weighted by Gasteiger charge is 2.28. The Bertz CT molecular complexity index is 381. The fraction of sp³-hybridized carbons (Fsp3) is 0.786. The molecular formula is C14H25N3S2. The van der Waals surface area contributed by atoms with Crippen LogP contribution in [0.25, 0.3) is 0 Å². The van der Waals surface area contributed by atoms with Crippen LogP contribution in [-0.4, -0.2) is 53.6 Å². The van der Waals surface area contributed by atoms with Gasteiger partial charge in [-0.05, 0) is 26.9 Å². The van der Waals surface area contributed by atoms with E-state index in [1.807, 2.05) is 0 Å². The molecule has 3 nitrogen and oxygen atoms in total. The van der Waals surface area contributed by atoms with Crippen LogP contribution in [0.3, 0.4) is 0 Å². The molecule has 1 saturated heterocycles. The fourth-order valence-electron chi connectivity index (χ4n) is 2.49. The van der Waals surface area contributed by atoms with E-state index in [0.29, 0.717) is 12.1 Å². The van der Waals surface area contributed by atoms with Crippen molar-refractivity contribution < 1.29 is 0 Å². The molecule has 108 valence electrons. The van der Waals surface area contributed by atoms with Gasteiger partial charge in [0.25, 0.3) is 0 Å². The molecule has 19 heavy (non-hydrogen) atoms. The predicted octanol–water partition coefficient (Wildman–Crippen LogP) is 2.41. The summed E-state index contributed by atoms with van der Waals surface area (Å²) in [5.74, 6) is 2.51. The molecule has 1 N–H and O–H groups in total. The first-order valence-electron chi connectivity index (χ1n) is 7.13. The molecule has 0 spiro atoms. The first-order valence-corrected chi connectivity index (χ1v) is 9.16. The highest BCUT2D eigenvalue weighted by atomic mass is 32.2. The van der Waals surface area contributed by atoms with E-state index in [0.717, 1.165) is 18.7 Å². The minimum atomic E-state index is 0.531. The first kappa shape index (κ1) is 15.3. The van der Waals surface area contributed by atoms with E-state index in [1.165, 1.54) is 29.5 Å². The number of hydrogen-bond acceptors (Lipinski definition) is 5. The number of nitrogens with one attached hydrogen (secondary N) is 1. The summed E-state index contributed by atoms with van der Waals surface area (Å²) < 4.78 is 0. The lowest BCUT2D eigenvalue weighted by atomic mass is 10.0. The average molecular weight is 300 g/mol. The molecule has 1 fully saturated rings. The third-order valence-electron chi connectivity index (χ3n) is 3.63. The standard InChI is InChI=1S/C14H25N3S2/c1-4-5-15-12(8-14-16-11(2)9-19-14)13-10-18-7-6-17(13)3/h9,12-13,15H,4-8,10H2,1-3H3. The van der Waals surface area contributed by atoms with Crippen LogP contribution < -0.4 is 5.32 Å². The van der Waals surface area contributed by atoms with Crippen molar-refractivity contribution in [3.05, 3.63) is 16.1 Å². The van der Waals surface area contributed by atoms with Crippen molar-refractivity contribution in [1.82, 2.24) is 15.2 Å². The highest BCUT2D eigenvalue weighted by molar-refractivity contribution is 7.99. The van der Waals surface area contributed by atoms with Crippen LogP contribution in [0.15, 0.2) is 5.38 Å². The minimum Gasteiger partial charge on any atom is -0.312 e. The molecule has 1 aromatic rings. The highest BCUT2D eigenvalue weighted by Crippen LogP contribution is 2.21. The van der Waals surface area contributed by atoms with Gasteiger partial charge in [-0.1, -0.05) is 6.92 Å². The number of aryl methyl sites for hydroxylation is 1. The molecule has 1 aliphatic rings. The van der Waals surface area contributed by atoms with Gasteiger partial charge in [0.1, 0.15) is 0 Å². The summed E-state index contributed by atoms with van der Waals surface area (Å²) in [6.07, 6.45) is 2.26. The Balaban J connectivity index is 2.01. The maximum atomic E-state index is 4.63. The molecule has 5 heteroatoms. The summed E-state index contributed by atoms with van der Waals surface area (Å²) >= 11 is 3.89. The minimum absolute atomic E-state index is 0.531. The number of thioether (sulfide) groups is 1. The summed E-state index contributed by atoms with van der Waals surface area (Å²) in [7, 11) is 2.26. The van der Waals surface area contributed by atoms with Crippen molar-refractivity contribution in [3.63, 3.8) is 0 Å². The van der Waals surface area contributed by atoms with Crippen molar-refractivity contribution >= 4 is 23.1 Å². The molecule has 1 aromatic heterocycles. The van der Waals surface area contributed by atoms with E-state index < -0.39 is 0 Å². The molecular weight excluding hydrogens is 274 g/mol. The van der Waals surface area contributed by atoms with Crippen LogP contribution in [0.2, 0.25) is 0 Å². The molecule has 2 atom stereocenters. The smallest absolute Gasteiger partial charge is 0.0944 e. The van der Waals surface area contributed by atoms with Crippen molar-refractivity contribution in [2.75, 3.05) is 31.6 Å². The molecule has 0 aliphatic carbocycles. The van der Waals surface area contributed by atoms with Crippen LogP contribution in [0.1, 0.15) is 24.0 Å². The van der Waals surface area contributed by atoms with Gasteiger partial charge in [0.05, 0.1) is 5.01 Å². The Morgan fingerprint density at radius 2 is 2.42 bits per heavy atom. The second-order valence-electron chi connectivity index (χ2n) is 5.27. The predicted molar refractivity (Wildman–Crippen MR) is 86.4 cm³/mol. The average Bonchev–Trinajstić information content (AvgIpc) is 2.81. The molecule has 2 rings (SSSR count). The maximum absolute atomic E-state index is 4.63.